The lowest BCUT2D eigenvalue weighted by molar-refractivity contribution is 0.313. The molecule has 2 heteroatoms. The molecular formula is C19H28N2. The van der Waals surface area contributed by atoms with Crippen LogP contribution in [0.3, 0.4) is 0 Å². The molecule has 0 saturated heterocycles. The minimum Gasteiger partial charge on any atom is -0.369 e. The lowest BCUT2D eigenvalue weighted by atomic mass is 9.81. The lowest BCUT2D eigenvalue weighted by Gasteiger charge is -2.34. The second kappa shape index (κ2) is 7.35. The molecule has 1 aliphatic carbocycles. The van der Waals surface area contributed by atoms with Crippen molar-refractivity contribution < 1.29 is 0 Å². The molecule has 21 heavy (non-hydrogen) atoms. The summed E-state index contributed by atoms with van der Waals surface area (Å²) in [7, 11) is 0. The predicted octanol–water partition coefficient (Wildman–Crippen LogP) is 4.86. The fourth-order valence-electron chi connectivity index (χ4n) is 3.15. The monoisotopic (exact) mass is 284 g/mol. The Morgan fingerprint density at radius 3 is 2.43 bits per heavy atom. The van der Waals surface area contributed by atoms with Gasteiger partial charge in [-0.25, -0.2) is 0 Å². The minimum absolute atomic E-state index is 0.464. The molecule has 0 radical (unpaired) electrons. The molecule has 0 aliphatic heterocycles. The molecule has 2 N–H and O–H groups in total. The van der Waals surface area contributed by atoms with Crippen LogP contribution in [0.5, 0.6) is 0 Å². The maximum atomic E-state index is 4.15. The van der Waals surface area contributed by atoms with Gasteiger partial charge in [0.2, 0.25) is 0 Å². The fraction of sp³-hybridized carbons (Fsp3) is 0.474. The summed E-state index contributed by atoms with van der Waals surface area (Å²) in [5, 5.41) is 6.93. The van der Waals surface area contributed by atoms with Crippen molar-refractivity contribution in [2.24, 2.45) is 5.92 Å². The van der Waals surface area contributed by atoms with Gasteiger partial charge < -0.3 is 10.6 Å². The first kappa shape index (κ1) is 15.7. The van der Waals surface area contributed by atoms with E-state index in [0.717, 1.165) is 17.9 Å². The average molecular weight is 284 g/mol. The van der Waals surface area contributed by atoms with Crippen molar-refractivity contribution in [1.29, 1.82) is 0 Å². The minimum atomic E-state index is 0.464. The first-order valence-electron chi connectivity index (χ1n) is 8.07. The molecule has 2 nitrogen and oxygen atoms in total. The molecule has 2 unspecified atom stereocenters. The number of hydrogen-bond acceptors (Lipinski definition) is 2. The van der Waals surface area contributed by atoms with Gasteiger partial charge in [-0.1, -0.05) is 50.6 Å². The highest BCUT2D eigenvalue weighted by molar-refractivity contribution is 5.48. The molecule has 1 aromatic rings. The molecule has 0 amide bonds. The van der Waals surface area contributed by atoms with Crippen LogP contribution in [0, 0.1) is 5.92 Å². The maximum absolute atomic E-state index is 4.15. The topological polar surface area (TPSA) is 24.1 Å². The summed E-state index contributed by atoms with van der Waals surface area (Å²) in [5.74, 6) is 1.46. The molecule has 1 saturated carbocycles. The molecule has 0 aromatic heterocycles. The SMILES string of the molecule is C=C(Nc1ccc(CC)cc1)NC1CCCCC1C(=C)C. The van der Waals surface area contributed by atoms with E-state index in [-0.39, 0.29) is 0 Å². The number of nitrogens with one attached hydrogen (secondary N) is 2. The Bertz CT molecular complexity index is 487. The zero-order valence-electron chi connectivity index (χ0n) is 13.4. The number of hydrogen-bond donors (Lipinski definition) is 2. The van der Waals surface area contributed by atoms with Gasteiger partial charge in [-0.15, -0.1) is 0 Å². The predicted molar refractivity (Wildman–Crippen MR) is 92.3 cm³/mol. The molecule has 1 aromatic carbocycles. The summed E-state index contributed by atoms with van der Waals surface area (Å²) in [6, 6.07) is 9.01. The molecule has 0 bridgehead atoms. The summed E-state index contributed by atoms with van der Waals surface area (Å²) in [5.41, 5.74) is 3.73. The van der Waals surface area contributed by atoms with E-state index in [0.29, 0.717) is 12.0 Å². The molecule has 1 fully saturated rings. The Labute approximate surface area is 129 Å². The van der Waals surface area contributed by atoms with Crippen molar-refractivity contribution in [2.75, 3.05) is 5.32 Å². The Hall–Kier alpha value is -1.70. The summed E-state index contributed by atoms with van der Waals surface area (Å²) in [6.07, 6.45) is 6.12. The summed E-state index contributed by atoms with van der Waals surface area (Å²) in [4.78, 5) is 0. The zero-order valence-corrected chi connectivity index (χ0v) is 13.4. The third-order valence-corrected chi connectivity index (χ3v) is 4.42. The van der Waals surface area contributed by atoms with Gasteiger partial charge in [0, 0.05) is 11.7 Å². The number of anilines is 1. The number of rotatable bonds is 6. The van der Waals surface area contributed by atoms with Crippen molar-refractivity contribution in [3.05, 3.63) is 54.4 Å². The average Bonchev–Trinajstić information content (AvgIpc) is 2.48. The van der Waals surface area contributed by atoms with Crippen molar-refractivity contribution in [2.45, 2.75) is 52.0 Å². The van der Waals surface area contributed by atoms with E-state index in [9.17, 15) is 0 Å². The lowest BCUT2D eigenvalue weighted by Crippen LogP contribution is -2.39. The fourth-order valence-corrected chi connectivity index (χ4v) is 3.15. The molecule has 0 spiro atoms. The standard InChI is InChI=1S/C19H28N2/c1-5-16-10-12-17(13-11-16)20-15(4)21-19-9-7-6-8-18(19)14(2)3/h10-13,18-21H,2,4-9H2,1,3H3. The molecule has 0 heterocycles. The van der Waals surface area contributed by atoms with Gasteiger partial charge in [0.1, 0.15) is 0 Å². The van der Waals surface area contributed by atoms with Crippen LogP contribution in [0.25, 0.3) is 0 Å². The van der Waals surface area contributed by atoms with E-state index in [1.807, 2.05) is 0 Å². The van der Waals surface area contributed by atoms with Crippen LogP contribution in [-0.4, -0.2) is 6.04 Å². The van der Waals surface area contributed by atoms with Gasteiger partial charge in [0.25, 0.3) is 0 Å². The number of aryl methyl sites for hydroxylation is 1. The first-order chi connectivity index (χ1) is 10.1. The van der Waals surface area contributed by atoms with Crippen LogP contribution >= 0.6 is 0 Å². The van der Waals surface area contributed by atoms with Crippen molar-refractivity contribution in [3.63, 3.8) is 0 Å². The van der Waals surface area contributed by atoms with E-state index in [1.54, 1.807) is 0 Å². The van der Waals surface area contributed by atoms with Crippen LogP contribution in [0.15, 0.2) is 48.8 Å². The van der Waals surface area contributed by atoms with Crippen LogP contribution in [0.1, 0.15) is 45.1 Å². The summed E-state index contributed by atoms with van der Waals surface area (Å²) in [6.45, 7) is 12.6. The quantitative estimate of drug-likeness (QED) is 0.729. The highest BCUT2D eigenvalue weighted by Gasteiger charge is 2.25. The number of benzene rings is 1. The molecule has 2 atom stereocenters. The van der Waals surface area contributed by atoms with Crippen LogP contribution in [-0.2, 0) is 6.42 Å². The normalized spacial score (nSPS) is 21.6. The van der Waals surface area contributed by atoms with Crippen LogP contribution < -0.4 is 10.6 Å². The van der Waals surface area contributed by atoms with Crippen molar-refractivity contribution in [3.8, 4) is 0 Å². The Kier molecular flexibility index (Phi) is 5.49. The second-order valence-corrected chi connectivity index (χ2v) is 6.14. The van der Waals surface area contributed by atoms with Gasteiger partial charge in [0.15, 0.2) is 0 Å². The third-order valence-electron chi connectivity index (χ3n) is 4.42. The van der Waals surface area contributed by atoms with Gasteiger partial charge >= 0.3 is 0 Å². The smallest absolute Gasteiger partial charge is 0.0959 e. The maximum Gasteiger partial charge on any atom is 0.0959 e. The zero-order chi connectivity index (χ0) is 15.2. The Morgan fingerprint density at radius 2 is 1.81 bits per heavy atom. The highest BCUT2D eigenvalue weighted by atomic mass is 15.1. The van der Waals surface area contributed by atoms with Gasteiger partial charge in [-0.05, 0) is 49.8 Å². The van der Waals surface area contributed by atoms with E-state index >= 15 is 0 Å². The molecule has 114 valence electrons. The second-order valence-electron chi connectivity index (χ2n) is 6.14. The molecular weight excluding hydrogens is 256 g/mol. The van der Waals surface area contributed by atoms with Gasteiger partial charge in [0.05, 0.1) is 5.82 Å². The molecule has 2 rings (SSSR count). The van der Waals surface area contributed by atoms with Crippen molar-refractivity contribution in [1.82, 2.24) is 5.32 Å². The highest BCUT2D eigenvalue weighted by Crippen LogP contribution is 2.29. The van der Waals surface area contributed by atoms with Crippen LogP contribution in [0.4, 0.5) is 5.69 Å². The van der Waals surface area contributed by atoms with E-state index in [1.165, 1.54) is 36.8 Å². The van der Waals surface area contributed by atoms with Crippen LogP contribution in [0.2, 0.25) is 0 Å². The first-order valence-corrected chi connectivity index (χ1v) is 8.07. The van der Waals surface area contributed by atoms with Crippen molar-refractivity contribution >= 4 is 5.69 Å². The summed E-state index contributed by atoms with van der Waals surface area (Å²) >= 11 is 0. The third kappa shape index (κ3) is 4.38. The largest absolute Gasteiger partial charge is 0.369 e. The van der Waals surface area contributed by atoms with E-state index in [2.05, 4.69) is 61.9 Å². The van der Waals surface area contributed by atoms with Gasteiger partial charge in [-0.3, -0.25) is 0 Å². The van der Waals surface area contributed by atoms with E-state index in [4.69, 9.17) is 0 Å². The Morgan fingerprint density at radius 1 is 1.14 bits per heavy atom. The molecule has 1 aliphatic rings. The summed E-state index contributed by atoms with van der Waals surface area (Å²) < 4.78 is 0. The van der Waals surface area contributed by atoms with E-state index < -0.39 is 0 Å². The Balaban J connectivity index is 1.92. The van der Waals surface area contributed by atoms with Gasteiger partial charge in [-0.2, -0.15) is 0 Å².